The number of aromatic nitrogens is 1. The number of halogens is 4. The molecule has 0 amide bonds. The molecule has 0 atom stereocenters. The third kappa shape index (κ3) is 3.08. The third-order valence-corrected chi connectivity index (χ3v) is 2.76. The van der Waals surface area contributed by atoms with Gasteiger partial charge in [0.15, 0.2) is 0 Å². The monoisotopic (exact) mass is 319 g/mol. The summed E-state index contributed by atoms with van der Waals surface area (Å²) < 4.78 is 61.2. The van der Waals surface area contributed by atoms with E-state index in [1.54, 1.807) is 6.92 Å². The van der Waals surface area contributed by atoms with Crippen molar-refractivity contribution in [3.8, 4) is 5.88 Å². The summed E-state index contributed by atoms with van der Waals surface area (Å²) in [5.41, 5.74) is -4.96. The van der Waals surface area contributed by atoms with Gasteiger partial charge in [-0.1, -0.05) is 0 Å². The average molecular weight is 320 g/mol. The molecule has 0 aromatic carbocycles. The van der Waals surface area contributed by atoms with Gasteiger partial charge in [0.05, 0.1) is 0 Å². The molecule has 0 N–H and O–H groups in total. The maximum atomic E-state index is 12.0. The fraction of sp³-hybridized carbons (Fsp3) is 0.286. The zero-order valence-corrected chi connectivity index (χ0v) is 10.1. The van der Waals surface area contributed by atoms with E-state index in [2.05, 4.69) is 25.1 Å². The first-order valence-electron chi connectivity index (χ1n) is 3.77. The highest BCUT2D eigenvalue weighted by Crippen LogP contribution is 2.27. The van der Waals surface area contributed by atoms with Crippen molar-refractivity contribution >= 4 is 26.0 Å². The Morgan fingerprint density at radius 1 is 1.38 bits per heavy atom. The molecule has 1 heterocycles. The molecule has 1 aromatic rings. The minimum absolute atomic E-state index is 0.180. The van der Waals surface area contributed by atoms with Gasteiger partial charge < -0.3 is 4.18 Å². The largest absolute Gasteiger partial charge is 0.534 e. The van der Waals surface area contributed by atoms with Gasteiger partial charge >= 0.3 is 15.6 Å². The van der Waals surface area contributed by atoms with Gasteiger partial charge in [0.1, 0.15) is 4.60 Å². The highest BCUT2D eigenvalue weighted by molar-refractivity contribution is 9.10. The molecule has 0 aliphatic heterocycles. The molecule has 0 fully saturated rings. The third-order valence-electron chi connectivity index (χ3n) is 1.39. The number of rotatable bonds is 2. The van der Waals surface area contributed by atoms with Crippen molar-refractivity contribution in [2.75, 3.05) is 0 Å². The normalized spacial score (nSPS) is 12.6. The Morgan fingerprint density at radius 2 is 1.94 bits per heavy atom. The van der Waals surface area contributed by atoms with Gasteiger partial charge in [-0.25, -0.2) is 4.98 Å². The fourth-order valence-corrected chi connectivity index (χ4v) is 1.74. The van der Waals surface area contributed by atoms with Crippen molar-refractivity contribution in [3.05, 3.63) is 22.3 Å². The lowest BCUT2D eigenvalue weighted by atomic mass is 10.3. The lowest BCUT2D eigenvalue weighted by Crippen LogP contribution is -2.28. The standard InChI is InChI=1S/C7H5BrF3NO3S/c1-4-2-5(8)12-6(3-4)15-16(13,14)7(9,10)11/h2-3H,1H3. The first-order chi connectivity index (χ1) is 7.12. The van der Waals surface area contributed by atoms with Crippen LogP contribution in [0, 0.1) is 6.92 Å². The number of hydrogen-bond donors (Lipinski definition) is 0. The summed E-state index contributed by atoms with van der Waals surface area (Å²) in [5.74, 6) is -0.635. The van der Waals surface area contributed by atoms with Crippen LogP contribution in [-0.4, -0.2) is 18.9 Å². The minimum Gasteiger partial charge on any atom is -0.355 e. The summed E-state index contributed by atoms with van der Waals surface area (Å²) in [6.45, 7) is 1.56. The maximum absolute atomic E-state index is 12.0. The maximum Gasteiger partial charge on any atom is 0.534 e. The van der Waals surface area contributed by atoms with Crippen LogP contribution in [0.2, 0.25) is 0 Å². The Balaban J connectivity index is 3.07. The Labute approximate surface area is 97.7 Å². The van der Waals surface area contributed by atoms with E-state index in [-0.39, 0.29) is 4.60 Å². The van der Waals surface area contributed by atoms with E-state index < -0.39 is 21.5 Å². The van der Waals surface area contributed by atoms with Crippen molar-refractivity contribution in [2.24, 2.45) is 0 Å². The van der Waals surface area contributed by atoms with E-state index in [9.17, 15) is 21.6 Å². The van der Waals surface area contributed by atoms with Gasteiger partial charge in [0.25, 0.3) is 0 Å². The average Bonchev–Trinajstić information content (AvgIpc) is 1.97. The second-order valence-electron chi connectivity index (χ2n) is 2.79. The van der Waals surface area contributed by atoms with Crippen LogP contribution in [0.4, 0.5) is 13.2 Å². The molecule has 16 heavy (non-hydrogen) atoms. The predicted octanol–water partition coefficient (Wildman–Crippen LogP) is 2.38. The second kappa shape index (κ2) is 4.21. The highest BCUT2D eigenvalue weighted by Gasteiger charge is 2.48. The van der Waals surface area contributed by atoms with Crippen molar-refractivity contribution in [1.82, 2.24) is 4.98 Å². The van der Waals surface area contributed by atoms with Crippen LogP contribution >= 0.6 is 15.9 Å². The van der Waals surface area contributed by atoms with Crippen LogP contribution in [-0.2, 0) is 10.1 Å². The van der Waals surface area contributed by atoms with Crippen LogP contribution in [0.1, 0.15) is 5.56 Å². The SMILES string of the molecule is Cc1cc(Br)nc(OS(=O)(=O)C(F)(F)F)c1. The molecule has 1 rings (SSSR count). The molecule has 4 nitrogen and oxygen atoms in total. The predicted molar refractivity (Wildman–Crippen MR) is 52.3 cm³/mol. The molecule has 0 saturated heterocycles. The highest BCUT2D eigenvalue weighted by atomic mass is 79.9. The lowest BCUT2D eigenvalue weighted by Gasteiger charge is -2.09. The molecule has 0 bridgehead atoms. The zero-order chi connectivity index (χ0) is 12.6. The molecule has 0 saturated carbocycles. The first-order valence-corrected chi connectivity index (χ1v) is 5.97. The van der Waals surface area contributed by atoms with Crippen molar-refractivity contribution in [2.45, 2.75) is 12.4 Å². The quantitative estimate of drug-likeness (QED) is 0.477. The van der Waals surface area contributed by atoms with Gasteiger partial charge in [-0.15, -0.1) is 0 Å². The van der Waals surface area contributed by atoms with E-state index in [4.69, 9.17) is 0 Å². The lowest BCUT2D eigenvalue weighted by molar-refractivity contribution is -0.0501. The first kappa shape index (κ1) is 13.2. The summed E-state index contributed by atoms with van der Waals surface area (Å²) in [7, 11) is -5.67. The van der Waals surface area contributed by atoms with Gasteiger partial charge in [-0.2, -0.15) is 21.6 Å². The minimum atomic E-state index is -5.67. The molecule has 0 spiro atoms. The van der Waals surface area contributed by atoms with E-state index >= 15 is 0 Å². The molecule has 90 valence electrons. The summed E-state index contributed by atoms with van der Waals surface area (Å²) in [4.78, 5) is 3.45. The molecular formula is C7H5BrF3NO3S. The van der Waals surface area contributed by atoms with Crippen molar-refractivity contribution < 1.29 is 25.8 Å². The smallest absolute Gasteiger partial charge is 0.355 e. The van der Waals surface area contributed by atoms with Gasteiger partial charge in [-0.3, -0.25) is 0 Å². The van der Waals surface area contributed by atoms with Gasteiger partial charge in [-0.05, 0) is 34.5 Å². The van der Waals surface area contributed by atoms with E-state index in [1.165, 1.54) is 6.07 Å². The van der Waals surface area contributed by atoms with Crippen molar-refractivity contribution in [3.63, 3.8) is 0 Å². The van der Waals surface area contributed by atoms with Crippen LogP contribution < -0.4 is 4.18 Å². The molecule has 1 aromatic heterocycles. The fourth-order valence-electron chi connectivity index (χ4n) is 0.796. The summed E-state index contributed by atoms with van der Waals surface area (Å²) in [6.07, 6.45) is 0. The number of hydrogen-bond acceptors (Lipinski definition) is 4. The molecule has 0 radical (unpaired) electrons. The molecule has 0 aliphatic carbocycles. The molecule has 9 heteroatoms. The van der Waals surface area contributed by atoms with Gasteiger partial charge in [0.2, 0.25) is 5.88 Å². The van der Waals surface area contributed by atoms with Crippen LogP contribution in [0.3, 0.4) is 0 Å². The molecule has 0 aliphatic rings. The Morgan fingerprint density at radius 3 is 2.38 bits per heavy atom. The number of nitrogens with zero attached hydrogens (tertiary/aromatic N) is 1. The number of alkyl halides is 3. The number of pyridine rings is 1. The summed E-state index contributed by atoms with van der Waals surface area (Å²) >= 11 is 2.90. The van der Waals surface area contributed by atoms with Crippen LogP contribution in [0.15, 0.2) is 16.7 Å². The molecule has 0 unspecified atom stereocenters. The topological polar surface area (TPSA) is 56.3 Å². The Hall–Kier alpha value is -0.830. The van der Waals surface area contributed by atoms with Crippen LogP contribution in [0.5, 0.6) is 5.88 Å². The number of aryl methyl sites for hydroxylation is 1. The summed E-state index contributed by atoms with van der Waals surface area (Å²) in [5, 5.41) is 0. The second-order valence-corrected chi connectivity index (χ2v) is 5.14. The Bertz CT molecular complexity index is 480. The zero-order valence-electron chi connectivity index (χ0n) is 7.75. The summed E-state index contributed by atoms with van der Waals surface area (Å²) in [6, 6.07) is 2.57. The Kier molecular flexibility index (Phi) is 3.48. The molecular weight excluding hydrogens is 315 g/mol. The van der Waals surface area contributed by atoms with Crippen molar-refractivity contribution in [1.29, 1.82) is 0 Å². The van der Waals surface area contributed by atoms with E-state index in [0.29, 0.717) is 5.56 Å². The van der Waals surface area contributed by atoms with Crippen LogP contribution in [0.25, 0.3) is 0 Å². The van der Waals surface area contributed by atoms with E-state index in [1.807, 2.05) is 0 Å². The van der Waals surface area contributed by atoms with E-state index in [0.717, 1.165) is 6.07 Å². The van der Waals surface area contributed by atoms with Gasteiger partial charge in [0, 0.05) is 6.07 Å².